The summed E-state index contributed by atoms with van der Waals surface area (Å²) < 4.78 is 15.4. The Morgan fingerprint density at radius 3 is 2.58 bits per heavy atom. The SMILES string of the molecule is CN/C=C\c1c(C=O)ncc2c1c(CNCc1cnc(C)cn1)cn2Cc1ccc(F)cc1. The highest BCUT2D eigenvalue weighted by Gasteiger charge is 2.16. The lowest BCUT2D eigenvalue weighted by molar-refractivity contribution is 0.111. The van der Waals surface area contributed by atoms with Gasteiger partial charge in [-0.2, -0.15) is 0 Å². The quantitative estimate of drug-likeness (QED) is 0.384. The Kier molecular flexibility index (Phi) is 6.85. The van der Waals surface area contributed by atoms with Crippen LogP contribution < -0.4 is 10.6 Å². The molecule has 2 N–H and O–H groups in total. The Labute approximate surface area is 191 Å². The highest BCUT2D eigenvalue weighted by atomic mass is 19.1. The molecule has 168 valence electrons. The second kappa shape index (κ2) is 10.1. The lowest BCUT2D eigenvalue weighted by Crippen LogP contribution is -2.14. The van der Waals surface area contributed by atoms with Crippen LogP contribution in [0.2, 0.25) is 0 Å². The van der Waals surface area contributed by atoms with Gasteiger partial charge in [-0.1, -0.05) is 12.1 Å². The highest BCUT2D eigenvalue weighted by Crippen LogP contribution is 2.28. The number of aldehydes is 1. The monoisotopic (exact) mass is 444 g/mol. The number of pyridine rings is 1. The van der Waals surface area contributed by atoms with E-state index in [9.17, 15) is 9.18 Å². The maximum absolute atomic E-state index is 13.4. The molecule has 33 heavy (non-hydrogen) atoms. The number of rotatable bonds is 9. The summed E-state index contributed by atoms with van der Waals surface area (Å²) in [6.45, 7) is 3.58. The van der Waals surface area contributed by atoms with E-state index in [0.29, 0.717) is 25.3 Å². The minimum Gasteiger partial charge on any atom is -0.394 e. The molecular weight excluding hydrogens is 419 g/mol. The number of hydrogen-bond acceptors (Lipinski definition) is 6. The molecule has 0 spiro atoms. The van der Waals surface area contributed by atoms with Crippen molar-refractivity contribution >= 4 is 23.3 Å². The Hall–Kier alpha value is -3.91. The summed E-state index contributed by atoms with van der Waals surface area (Å²) in [6, 6.07) is 6.44. The largest absolute Gasteiger partial charge is 0.394 e. The van der Waals surface area contributed by atoms with Crippen molar-refractivity contribution in [3.63, 3.8) is 0 Å². The van der Waals surface area contributed by atoms with Gasteiger partial charge in [-0.15, -0.1) is 0 Å². The summed E-state index contributed by atoms with van der Waals surface area (Å²) in [5.74, 6) is -0.267. The predicted octanol–water partition coefficient (Wildman–Crippen LogP) is 3.61. The summed E-state index contributed by atoms with van der Waals surface area (Å²) >= 11 is 0. The van der Waals surface area contributed by atoms with Crippen molar-refractivity contribution in [3.8, 4) is 0 Å². The molecule has 1 aromatic carbocycles. The number of nitrogens with one attached hydrogen (secondary N) is 2. The van der Waals surface area contributed by atoms with Crippen molar-refractivity contribution in [2.75, 3.05) is 7.05 Å². The number of hydrogen-bond donors (Lipinski definition) is 2. The van der Waals surface area contributed by atoms with E-state index in [0.717, 1.165) is 45.3 Å². The second-order valence-electron chi connectivity index (χ2n) is 7.72. The first-order valence-electron chi connectivity index (χ1n) is 10.6. The van der Waals surface area contributed by atoms with E-state index in [4.69, 9.17) is 0 Å². The maximum Gasteiger partial charge on any atom is 0.169 e. The van der Waals surface area contributed by atoms with Crippen molar-refractivity contribution in [3.05, 3.63) is 94.8 Å². The number of aromatic nitrogens is 4. The Morgan fingerprint density at radius 2 is 1.88 bits per heavy atom. The number of aryl methyl sites for hydroxylation is 1. The third-order valence-electron chi connectivity index (χ3n) is 5.32. The van der Waals surface area contributed by atoms with Gasteiger partial charge in [-0.3, -0.25) is 19.7 Å². The van der Waals surface area contributed by atoms with Gasteiger partial charge in [0.05, 0.1) is 23.1 Å². The van der Waals surface area contributed by atoms with Crippen molar-refractivity contribution < 1.29 is 9.18 Å². The molecule has 0 amide bonds. The van der Waals surface area contributed by atoms with Gasteiger partial charge < -0.3 is 15.2 Å². The molecule has 0 atom stereocenters. The minimum absolute atomic E-state index is 0.267. The number of fused-ring (bicyclic) bond motifs is 1. The van der Waals surface area contributed by atoms with E-state index in [1.165, 1.54) is 12.1 Å². The fourth-order valence-corrected chi connectivity index (χ4v) is 3.72. The first-order valence-corrected chi connectivity index (χ1v) is 10.6. The fraction of sp³-hybridized carbons (Fsp3) is 0.200. The standard InChI is InChI=1S/C25H25FN6O/c1-17-9-30-21(12-29-17)11-28-10-19-15-32(14-18-3-5-20(26)6-4-18)24-13-31-23(16-33)22(25(19)24)7-8-27-2/h3-9,12-13,15-16,27-28H,10-11,14H2,1-2H3/b8-7-. The Balaban J connectivity index is 1.71. The summed E-state index contributed by atoms with van der Waals surface area (Å²) in [5.41, 5.74) is 5.73. The van der Waals surface area contributed by atoms with Crippen LogP contribution in [-0.2, 0) is 19.6 Å². The van der Waals surface area contributed by atoms with E-state index >= 15 is 0 Å². The second-order valence-corrected chi connectivity index (χ2v) is 7.72. The number of carbonyl (C=O) groups is 1. The lowest BCUT2D eigenvalue weighted by atomic mass is 10.1. The van der Waals surface area contributed by atoms with Crippen LogP contribution >= 0.6 is 0 Å². The van der Waals surface area contributed by atoms with Crippen LogP contribution in [0.5, 0.6) is 0 Å². The molecule has 3 heterocycles. The maximum atomic E-state index is 13.4. The number of carbonyl (C=O) groups excluding carboxylic acids is 1. The van der Waals surface area contributed by atoms with E-state index in [-0.39, 0.29) is 5.82 Å². The molecule has 0 aliphatic heterocycles. The molecule has 0 unspecified atom stereocenters. The van der Waals surface area contributed by atoms with Crippen LogP contribution in [0.1, 0.15) is 38.6 Å². The highest BCUT2D eigenvalue weighted by molar-refractivity contribution is 5.97. The molecule has 0 saturated heterocycles. The zero-order valence-corrected chi connectivity index (χ0v) is 18.5. The summed E-state index contributed by atoms with van der Waals surface area (Å²) in [4.78, 5) is 24.8. The smallest absolute Gasteiger partial charge is 0.169 e. The van der Waals surface area contributed by atoms with Crippen LogP contribution in [0.3, 0.4) is 0 Å². The van der Waals surface area contributed by atoms with Crippen LogP contribution in [0.15, 0.2) is 55.3 Å². The van der Waals surface area contributed by atoms with Crippen molar-refractivity contribution in [1.29, 1.82) is 0 Å². The molecule has 0 aliphatic carbocycles. The molecular formula is C25H25FN6O. The van der Waals surface area contributed by atoms with Crippen LogP contribution in [0.4, 0.5) is 4.39 Å². The van der Waals surface area contributed by atoms with E-state index in [1.54, 1.807) is 44.0 Å². The van der Waals surface area contributed by atoms with E-state index in [2.05, 4.69) is 36.3 Å². The van der Waals surface area contributed by atoms with Gasteiger partial charge in [0.2, 0.25) is 0 Å². The molecule has 0 aliphatic rings. The third-order valence-corrected chi connectivity index (χ3v) is 5.32. The minimum atomic E-state index is -0.267. The van der Waals surface area contributed by atoms with Gasteiger partial charge in [0.25, 0.3) is 0 Å². The van der Waals surface area contributed by atoms with Crippen LogP contribution in [-0.4, -0.2) is 32.9 Å². The van der Waals surface area contributed by atoms with Gasteiger partial charge in [-0.05, 0) is 42.5 Å². The Morgan fingerprint density at radius 1 is 1.06 bits per heavy atom. The zero-order valence-electron chi connectivity index (χ0n) is 18.5. The topological polar surface area (TPSA) is 84.7 Å². The molecule has 8 heteroatoms. The van der Waals surface area contributed by atoms with Crippen molar-refractivity contribution in [2.24, 2.45) is 0 Å². The van der Waals surface area contributed by atoms with Gasteiger partial charge in [0.15, 0.2) is 6.29 Å². The van der Waals surface area contributed by atoms with Gasteiger partial charge >= 0.3 is 0 Å². The van der Waals surface area contributed by atoms with E-state index < -0.39 is 0 Å². The normalized spacial score (nSPS) is 11.4. The first-order chi connectivity index (χ1) is 16.1. The average Bonchev–Trinajstić information content (AvgIpc) is 3.17. The number of nitrogens with zero attached hydrogens (tertiary/aromatic N) is 4. The molecule has 0 radical (unpaired) electrons. The van der Waals surface area contributed by atoms with Gasteiger partial charge in [-0.25, -0.2) is 4.39 Å². The van der Waals surface area contributed by atoms with Crippen LogP contribution in [0, 0.1) is 12.7 Å². The van der Waals surface area contributed by atoms with E-state index in [1.807, 2.05) is 13.0 Å². The molecule has 4 rings (SSSR count). The molecule has 0 fully saturated rings. The van der Waals surface area contributed by atoms with Crippen molar-refractivity contribution in [1.82, 2.24) is 30.2 Å². The van der Waals surface area contributed by atoms with Crippen LogP contribution in [0.25, 0.3) is 17.0 Å². The summed E-state index contributed by atoms with van der Waals surface area (Å²) in [6.07, 6.45) is 11.7. The summed E-state index contributed by atoms with van der Waals surface area (Å²) in [5, 5.41) is 7.34. The summed E-state index contributed by atoms with van der Waals surface area (Å²) in [7, 11) is 1.80. The first kappa shape index (κ1) is 22.3. The number of halogens is 1. The molecule has 0 bridgehead atoms. The van der Waals surface area contributed by atoms with Gasteiger partial charge in [0, 0.05) is 56.2 Å². The molecule has 4 aromatic rings. The zero-order chi connectivity index (χ0) is 23.2. The molecule has 0 saturated carbocycles. The molecule has 3 aromatic heterocycles. The molecule has 7 nitrogen and oxygen atoms in total. The van der Waals surface area contributed by atoms with Crippen molar-refractivity contribution in [2.45, 2.75) is 26.6 Å². The Bertz CT molecular complexity index is 1280. The average molecular weight is 445 g/mol. The fourth-order valence-electron chi connectivity index (χ4n) is 3.72. The van der Waals surface area contributed by atoms with Gasteiger partial charge in [0.1, 0.15) is 11.5 Å². The predicted molar refractivity (Wildman–Crippen MR) is 126 cm³/mol. The third kappa shape index (κ3) is 5.12. The lowest BCUT2D eigenvalue weighted by Gasteiger charge is -2.08. The number of benzene rings is 1.